The first-order valence-corrected chi connectivity index (χ1v) is 14.9. The predicted octanol–water partition coefficient (Wildman–Crippen LogP) is 5.29. The highest BCUT2D eigenvalue weighted by Gasteiger charge is 2.33. The van der Waals surface area contributed by atoms with E-state index in [1.165, 1.54) is 17.0 Å². The van der Waals surface area contributed by atoms with Crippen LogP contribution in [-0.2, 0) is 26.2 Å². The van der Waals surface area contributed by atoms with Crippen molar-refractivity contribution in [3.8, 4) is 0 Å². The quantitative estimate of drug-likeness (QED) is 0.306. The Kier molecular flexibility index (Phi) is 10.5. The summed E-state index contributed by atoms with van der Waals surface area (Å²) in [5.41, 5.74) is 2.28. The van der Waals surface area contributed by atoms with Gasteiger partial charge in [-0.3, -0.25) is 13.9 Å². The molecule has 0 fully saturated rings. The van der Waals surface area contributed by atoms with Crippen molar-refractivity contribution < 1.29 is 18.0 Å². The van der Waals surface area contributed by atoms with Crippen LogP contribution in [-0.4, -0.2) is 44.3 Å². The van der Waals surface area contributed by atoms with Gasteiger partial charge in [-0.25, -0.2) is 8.42 Å². The first kappa shape index (κ1) is 29.4. The van der Waals surface area contributed by atoms with Gasteiger partial charge in [0.2, 0.25) is 11.8 Å². The molecule has 7 nitrogen and oxygen atoms in total. The fourth-order valence-electron chi connectivity index (χ4n) is 4.03. The number of amides is 2. The zero-order valence-electron chi connectivity index (χ0n) is 21.9. The molecule has 202 valence electrons. The Hall–Kier alpha value is -3.17. The molecule has 0 saturated carbocycles. The lowest BCUT2D eigenvalue weighted by atomic mass is 10.1. The van der Waals surface area contributed by atoms with Gasteiger partial charge in [-0.15, -0.1) is 0 Å². The second-order valence-electron chi connectivity index (χ2n) is 9.02. The highest BCUT2D eigenvalue weighted by Crippen LogP contribution is 2.26. The summed E-state index contributed by atoms with van der Waals surface area (Å²) in [5.74, 6) is -0.720. The molecule has 1 unspecified atom stereocenters. The molecule has 0 aliphatic carbocycles. The van der Waals surface area contributed by atoms with Gasteiger partial charge in [0.15, 0.2) is 0 Å². The van der Waals surface area contributed by atoms with Crippen LogP contribution in [0.4, 0.5) is 5.69 Å². The van der Waals surface area contributed by atoms with Crippen molar-refractivity contribution in [2.45, 2.75) is 51.1 Å². The summed E-state index contributed by atoms with van der Waals surface area (Å²) in [4.78, 5) is 28.6. The van der Waals surface area contributed by atoms with Gasteiger partial charge in [0.1, 0.15) is 12.6 Å². The summed E-state index contributed by atoms with van der Waals surface area (Å²) in [6, 6.07) is 21.8. The number of hydrogen-bond acceptors (Lipinski definition) is 4. The minimum atomic E-state index is -4.07. The van der Waals surface area contributed by atoms with Gasteiger partial charge in [-0.05, 0) is 61.7 Å². The largest absolute Gasteiger partial charge is 0.354 e. The van der Waals surface area contributed by atoms with Gasteiger partial charge in [0.05, 0.1) is 10.6 Å². The van der Waals surface area contributed by atoms with Crippen molar-refractivity contribution in [1.29, 1.82) is 0 Å². The van der Waals surface area contributed by atoms with Crippen LogP contribution in [0.2, 0.25) is 0 Å². The van der Waals surface area contributed by atoms with Crippen molar-refractivity contribution in [1.82, 2.24) is 10.2 Å². The zero-order chi connectivity index (χ0) is 27.7. The van der Waals surface area contributed by atoms with E-state index in [-0.39, 0.29) is 17.3 Å². The fraction of sp³-hybridized carbons (Fsp3) is 0.310. The van der Waals surface area contributed by atoms with Crippen LogP contribution in [0.3, 0.4) is 0 Å². The molecule has 0 radical (unpaired) electrons. The Bertz CT molecular complexity index is 1310. The Morgan fingerprint density at radius 3 is 2.13 bits per heavy atom. The summed E-state index contributed by atoms with van der Waals surface area (Å²) >= 11 is 3.38. The third-order valence-electron chi connectivity index (χ3n) is 6.13. The number of hydrogen-bond donors (Lipinski definition) is 1. The number of sulfonamides is 1. The smallest absolute Gasteiger partial charge is 0.264 e. The lowest BCUT2D eigenvalue weighted by Crippen LogP contribution is -2.52. The maximum Gasteiger partial charge on any atom is 0.264 e. The number of carbonyl (C=O) groups is 2. The lowest BCUT2D eigenvalue weighted by molar-refractivity contribution is -0.140. The van der Waals surface area contributed by atoms with Crippen LogP contribution >= 0.6 is 15.9 Å². The van der Waals surface area contributed by atoms with E-state index in [4.69, 9.17) is 0 Å². The molecule has 0 heterocycles. The van der Waals surface area contributed by atoms with E-state index in [0.717, 1.165) is 26.3 Å². The molecule has 0 saturated heterocycles. The van der Waals surface area contributed by atoms with Gasteiger partial charge in [-0.2, -0.15) is 0 Å². The molecule has 3 aromatic rings. The monoisotopic (exact) mass is 599 g/mol. The molecule has 3 aromatic carbocycles. The molecular weight excluding hydrogens is 566 g/mol. The molecule has 0 spiro atoms. The normalized spacial score (nSPS) is 12.0. The Balaban J connectivity index is 2.02. The molecule has 9 heteroatoms. The van der Waals surface area contributed by atoms with E-state index in [1.54, 1.807) is 42.5 Å². The van der Waals surface area contributed by atoms with Gasteiger partial charge >= 0.3 is 0 Å². The summed E-state index contributed by atoms with van der Waals surface area (Å²) in [7, 11) is -4.07. The topological polar surface area (TPSA) is 86.8 Å². The van der Waals surface area contributed by atoms with Gasteiger partial charge < -0.3 is 10.2 Å². The van der Waals surface area contributed by atoms with E-state index in [1.807, 2.05) is 45.0 Å². The van der Waals surface area contributed by atoms with Crippen molar-refractivity contribution >= 4 is 43.5 Å². The van der Waals surface area contributed by atoms with E-state index in [2.05, 4.69) is 21.2 Å². The first-order chi connectivity index (χ1) is 18.2. The van der Waals surface area contributed by atoms with Gasteiger partial charge in [-0.1, -0.05) is 77.8 Å². The van der Waals surface area contributed by atoms with E-state index >= 15 is 0 Å². The number of rotatable bonds is 12. The summed E-state index contributed by atoms with van der Waals surface area (Å²) in [6.07, 6.45) is 1.15. The number of halogens is 1. The average molecular weight is 601 g/mol. The lowest BCUT2D eigenvalue weighted by Gasteiger charge is -2.33. The van der Waals surface area contributed by atoms with Crippen LogP contribution in [0.25, 0.3) is 0 Å². The predicted molar refractivity (Wildman–Crippen MR) is 154 cm³/mol. The van der Waals surface area contributed by atoms with E-state index in [9.17, 15) is 18.0 Å². The van der Waals surface area contributed by atoms with Gasteiger partial charge in [0.25, 0.3) is 10.0 Å². The van der Waals surface area contributed by atoms with Crippen molar-refractivity contribution in [3.63, 3.8) is 0 Å². The highest BCUT2D eigenvalue weighted by molar-refractivity contribution is 9.10. The van der Waals surface area contributed by atoms with Crippen molar-refractivity contribution in [2.75, 3.05) is 17.4 Å². The summed E-state index contributed by atoms with van der Waals surface area (Å²) in [6.45, 7) is 6.00. The average Bonchev–Trinajstić information content (AvgIpc) is 2.92. The van der Waals surface area contributed by atoms with E-state index < -0.39 is 28.5 Å². The molecule has 2 amide bonds. The van der Waals surface area contributed by atoms with Crippen LogP contribution in [0.1, 0.15) is 37.8 Å². The molecule has 0 bridgehead atoms. The second kappa shape index (κ2) is 13.6. The third-order valence-corrected chi connectivity index (χ3v) is 8.45. The zero-order valence-corrected chi connectivity index (χ0v) is 24.3. The Morgan fingerprint density at radius 2 is 1.55 bits per heavy atom. The molecular formula is C29H34BrN3O4S. The number of benzene rings is 3. The first-order valence-electron chi connectivity index (χ1n) is 12.6. The number of nitrogens with one attached hydrogen (secondary N) is 1. The number of nitrogens with zero attached hydrogens (tertiary/aromatic N) is 2. The molecule has 0 aromatic heterocycles. The van der Waals surface area contributed by atoms with Crippen molar-refractivity contribution in [3.05, 3.63) is 94.5 Å². The highest BCUT2D eigenvalue weighted by atomic mass is 79.9. The molecule has 0 aliphatic rings. The van der Waals surface area contributed by atoms with Gasteiger partial charge in [0, 0.05) is 17.6 Å². The molecule has 1 N–H and O–H groups in total. The summed E-state index contributed by atoms with van der Waals surface area (Å²) in [5, 5.41) is 2.89. The van der Waals surface area contributed by atoms with Crippen LogP contribution < -0.4 is 9.62 Å². The number of aryl methyl sites for hydroxylation is 1. The van der Waals surface area contributed by atoms with Crippen LogP contribution in [0, 0.1) is 6.92 Å². The SMILES string of the molecule is CCCNC(=O)C(CC)N(Cc1ccc(C)cc1)C(=O)CN(c1ccc(Br)cc1)S(=O)(=O)c1ccccc1. The molecule has 3 rings (SSSR count). The third kappa shape index (κ3) is 7.45. The molecule has 38 heavy (non-hydrogen) atoms. The Labute approximate surface area is 234 Å². The minimum absolute atomic E-state index is 0.0773. The fourth-order valence-corrected chi connectivity index (χ4v) is 5.73. The molecule has 0 aliphatic heterocycles. The van der Waals surface area contributed by atoms with E-state index in [0.29, 0.717) is 18.7 Å². The number of anilines is 1. The standard InChI is InChI=1S/C29H34BrN3O4S/c1-4-19-31-29(35)27(5-2)32(20-23-13-11-22(3)12-14-23)28(34)21-33(25-17-15-24(30)16-18-25)38(36,37)26-9-7-6-8-10-26/h6-18,27H,4-5,19-21H2,1-3H3,(H,31,35). The second-order valence-corrected chi connectivity index (χ2v) is 11.8. The maximum absolute atomic E-state index is 14.0. The van der Waals surface area contributed by atoms with Crippen LogP contribution in [0.15, 0.2) is 88.2 Å². The maximum atomic E-state index is 14.0. The van der Waals surface area contributed by atoms with Crippen LogP contribution in [0.5, 0.6) is 0 Å². The summed E-state index contributed by atoms with van der Waals surface area (Å²) < 4.78 is 29.4. The Morgan fingerprint density at radius 1 is 0.921 bits per heavy atom. The van der Waals surface area contributed by atoms with Crippen molar-refractivity contribution in [2.24, 2.45) is 0 Å². The molecule has 1 atom stereocenters. The number of carbonyl (C=O) groups excluding carboxylic acids is 2. The minimum Gasteiger partial charge on any atom is -0.354 e.